The summed E-state index contributed by atoms with van der Waals surface area (Å²) < 4.78 is 16.6. The summed E-state index contributed by atoms with van der Waals surface area (Å²) in [5, 5.41) is 1.09. The minimum Gasteiger partial charge on any atom is -0.497 e. The summed E-state index contributed by atoms with van der Waals surface area (Å²) in [4.78, 5) is 32.8. The van der Waals surface area contributed by atoms with E-state index in [4.69, 9.17) is 19.0 Å². The molecule has 0 radical (unpaired) electrons. The predicted octanol–water partition coefficient (Wildman–Crippen LogP) is 3.21. The normalized spacial score (nSPS) is 11.4. The van der Waals surface area contributed by atoms with Crippen LogP contribution in [0.2, 0.25) is 0 Å². The Kier molecular flexibility index (Phi) is 10.4. The summed E-state index contributed by atoms with van der Waals surface area (Å²) in [6.45, 7) is 4.08. The SMILES string of the molecule is C=CCC(=O)N(Cc1ccc(OC)cc1OC)[C@@H](COCc1ccccc1)C(=O)N(C)OC. The number of benzene rings is 2. The first-order valence-corrected chi connectivity index (χ1v) is 10.5. The van der Waals surface area contributed by atoms with Gasteiger partial charge in [-0.15, -0.1) is 6.58 Å². The van der Waals surface area contributed by atoms with Crippen LogP contribution < -0.4 is 9.47 Å². The van der Waals surface area contributed by atoms with E-state index in [0.717, 1.165) is 16.2 Å². The number of ether oxygens (including phenoxy) is 3. The fourth-order valence-electron chi connectivity index (χ4n) is 3.24. The summed E-state index contributed by atoms with van der Waals surface area (Å²) in [6.07, 6.45) is 1.57. The maximum Gasteiger partial charge on any atom is 0.271 e. The highest BCUT2D eigenvalue weighted by molar-refractivity contribution is 5.87. The lowest BCUT2D eigenvalue weighted by molar-refractivity contribution is -0.179. The molecule has 2 aromatic carbocycles. The van der Waals surface area contributed by atoms with Crippen molar-refractivity contribution >= 4 is 11.8 Å². The van der Waals surface area contributed by atoms with Gasteiger partial charge in [-0.2, -0.15) is 0 Å². The van der Waals surface area contributed by atoms with Crippen LogP contribution >= 0.6 is 0 Å². The van der Waals surface area contributed by atoms with E-state index in [1.165, 1.54) is 25.1 Å². The van der Waals surface area contributed by atoms with Crippen LogP contribution in [-0.4, -0.2) is 62.8 Å². The van der Waals surface area contributed by atoms with Crippen molar-refractivity contribution in [2.75, 3.05) is 35.0 Å². The van der Waals surface area contributed by atoms with Crippen LogP contribution in [0.15, 0.2) is 61.2 Å². The Balaban J connectivity index is 2.34. The zero-order valence-corrected chi connectivity index (χ0v) is 19.7. The van der Waals surface area contributed by atoms with E-state index in [9.17, 15) is 9.59 Å². The Labute approximate surface area is 195 Å². The molecule has 2 aromatic rings. The number of hydrogen-bond acceptors (Lipinski definition) is 6. The molecule has 8 nitrogen and oxygen atoms in total. The maximum absolute atomic E-state index is 13.2. The summed E-state index contributed by atoms with van der Waals surface area (Å²) in [5.74, 6) is 0.490. The number of amides is 2. The van der Waals surface area contributed by atoms with E-state index < -0.39 is 11.9 Å². The monoisotopic (exact) mass is 456 g/mol. The number of likely N-dealkylation sites (N-methyl/N-ethyl adjacent to an activating group) is 1. The molecule has 0 aliphatic carbocycles. The fourth-order valence-corrected chi connectivity index (χ4v) is 3.24. The molecule has 0 unspecified atom stereocenters. The van der Waals surface area contributed by atoms with Gasteiger partial charge in [0.25, 0.3) is 5.91 Å². The molecule has 0 spiro atoms. The largest absolute Gasteiger partial charge is 0.497 e. The third kappa shape index (κ3) is 7.34. The highest BCUT2D eigenvalue weighted by atomic mass is 16.7. The zero-order chi connectivity index (χ0) is 24.2. The molecule has 1 atom stereocenters. The lowest BCUT2D eigenvalue weighted by Crippen LogP contribution is -2.51. The molecular weight excluding hydrogens is 424 g/mol. The average Bonchev–Trinajstić information content (AvgIpc) is 2.85. The fraction of sp³-hybridized carbons (Fsp3) is 0.360. The molecule has 0 saturated heterocycles. The van der Waals surface area contributed by atoms with Gasteiger partial charge in [0.1, 0.15) is 17.5 Å². The van der Waals surface area contributed by atoms with E-state index in [1.807, 2.05) is 30.3 Å². The van der Waals surface area contributed by atoms with Crippen molar-refractivity contribution in [2.45, 2.75) is 25.6 Å². The smallest absolute Gasteiger partial charge is 0.271 e. The number of carbonyl (C=O) groups excluding carboxylic acids is 2. The van der Waals surface area contributed by atoms with Crippen molar-refractivity contribution in [2.24, 2.45) is 0 Å². The summed E-state index contributed by atoms with van der Waals surface area (Å²) in [7, 11) is 5.99. The zero-order valence-electron chi connectivity index (χ0n) is 19.7. The molecule has 2 amide bonds. The van der Waals surface area contributed by atoms with E-state index in [0.29, 0.717) is 18.1 Å². The van der Waals surface area contributed by atoms with Crippen molar-refractivity contribution in [1.29, 1.82) is 0 Å². The second-order valence-electron chi connectivity index (χ2n) is 7.23. The van der Waals surface area contributed by atoms with Crippen LogP contribution in [0.25, 0.3) is 0 Å². The summed E-state index contributed by atoms with van der Waals surface area (Å²) in [6, 6.07) is 14.0. The molecule has 0 bridgehead atoms. The minimum absolute atomic E-state index is 0.0111. The number of carbonyl (C=O) groups is 2. The highest BCUT2D eigenvalue weighted by Gasteiger charge is 2.33. The summed E-state index contributed by atoms with van der Waals surface area (Å²) >= 11 is 0. The first-order chi connectivity index (χ1) is 15.9. The first kappa shape index (κ1) is 25.9. The van der Waals surface area contributed by atoms with Crippen LogP contribution in [0.4, 0.5) is 0 Å². The molecular formula is C25H32N2O6. The van der Waals surface area contributed by atoms with Crippen molar-refractivity contribution < 1.29 is 28.6 Å². The van der Waals surface area contributed by atoms with Crippen LogP contribution in [0, 0.1) is 0 Å². The Bertz CT molecular complexity index is 918. The Hall–Kier alpha value is -3.36. The van der Waals surface area contributed by atoms with Gasteiger partial charge in [-0.25, -0.2) is 5.06 Å². The molecule has 178 valence electrons. The molecule has 0 aromatic heterocycles. The number of methoxy groups -OCH3 is 2. The van der Waals surface area contributed by atoms with Crippen molar-refractivity contribution in [3.8, 4) is 11.5 Å². The van der Waals surface area contributed by atoms with Gasteiger partial charge in [0.05, 0.1) is 41.1 Å². The number of nitrogens with zero attached hydrogens (tertiary/aromatic N) is 2. The first-order valence-electron chi connectivity index (χ1n) is 10.5. The molecule has 0 fully saturated rings. The molecule has 0 saturated carbocycles. The van der Waals surface area contributed by atoms with Gasteiger partial charge in [-0.1, -0.05) is 36.4 Å². The van der Waals surface area contributed by atoms with Gasteiger partial charge in [0, 0.05) is 25.1 Å². The Morgan fingerprint density at radius 1 is 1.06 bits per heavy atom. The molecule has 8 heteroatoms. The van der Waals surface area contributed by atoms with Gasteiger partial charge >= 0.3 is 0 Å². The van der Waals surface area contributed by atoms with Gasteiger partial charge in [0.2, 0.25) is 5.91 Å². The van der Waals surface area contributed by atoms with Gasteiger partial charge in [0.15, 0.2) is 0 Å². The quantitative estimate of drug-likeness (QED) is 0.340. The highest BCUT2D eigenvalue weighted by Crippen LogP contribution is 2.27. The van der Waals surface area contributed by atoms with Crippen molar-refractivity contribution in [3.05, 3.63) is 72.3 Å². The van der Waals surface area contributed by atoms with Crippen molar-refractivity contribution in [3.63, 3.8) is 0 Å². The van der Waals surface area contributed by atoms with Crippen molar-refractivity contribution in [1.82, 2.24) is 9.96 Å². The number of hydroxylamine groups is 2. The Morgan fingerprint density at radius 3 is 2.39 bits per heavy atom. The number of rotatable bonds is 13. The standard InChI is InChI=1S/C25H32N2O6/c1-6-10-24(28)27(16-20-13-14-21(30-3)15-23(20)31-4)22(25(29)26(2)32-5)18-33-17-19-11-8-7-9-12-19/h6-9,11-15,22H,1,10,16-18H2,2-5H3/t22-/m0/s1. The van der Waals surface area contributed by atoms with Crippen LogP contribution in [0.5, 0.6) is 11.5 Å². The molecule has 0 aliphatic rings. The van der Waals surface area contributed by atoms with Gasteiger partial charge in [-0.05, 0) is 17.7 Å². The lowest BCUT2D eigenvalue weighted by Gasteiger charge is -2.33. The van der Waals surface area contributed by atoms with E-state index >= 15 is 0 Å². The van der Waals surface area contributed by atoms with Crippen LogP contribution in [-0.2, 0) is 32.3 Å². The topological polar surface area (TPSA) is 77.5 Å². The van der Waals surface area contributed by atoms with E-state index in [2.05, 4.69) is 6.58 Å². The Morgan fingerprint density at radius 2 is 1.79 bits per heavy atom. The third-order valence-corrected chi connectivity index (χ3v) is 5.11. The minimum atomic E-state index is -0.919. The predicted molar refractivity (Wildman–Crippen MR) is 125 cm³/mol. The lowest BCUT2D eigenvalue weighted by atomic mass is 10.1. The molecule has 2 rings (SSSR count). The molecule has 0 N–H and O–H groups in total. The second kappa shape index (κ2) is 13.2. The molecule has 33 heavy (non-hydrogen) atoms. The maximum atomic E-state index is 13.2. The van der Waals surface area contributed by atoms with Crippen LogP contribution in [0.1, 0.15) is 17.5 Å². The third-order valence-electron chi connectivity index (χ3n) is 5.11. The summed E-state index contributed by atoms with van der Waals surface area (Å²) in [5.41, 5.74) is 1.68. The van der Waals surface area contributed by atoms with Crippen LogP contribution in [0.3, 0.4) is 0 Å². The van der Waals surface area contributed by atoms with E-state index in [1.54, 1.807) is 32.4 Å². The van der Waals surface area contributed by atoms with E-state index in [-0.39, 0.29) is 25.5 Å². The van der Waals surface area contributed by atoms with Gasteiger partial charge in [-0.3, -0.25) is 14.4 Å². The molecule has 0 aliphatic heterocycles. The molecule has 0 heterocycles. The van der Waals surface area contributed by atoms with Gasteiger partial charge < -0.3 is 19.1 Å². The second-order valence-corrected chi connectivity index (χ2v) is 7.23. The number of hydrogen-bond donors (Lipinski definition) is 0. The average molecular weight is 457 g/mol.